The van der Waals surface area contributed by atoms with Gasteiger partial charge in [0.2, 0.25) is 5.91 Å². The molecule has 3 heteroatoms. The second-order valence-corrected chi connectivity index (χ2v) is 2.32. The number of carbonyl (C=O) groups is 1. The van der Waals surface area contributed by atoms with Crippen molar-refractivity contribution in [1.29, 1.82) is 0 Å². The molecule has 60 valence electrons. The first-order valence-electron chi connectivity index (χ1n) is 3.56. The zero-order valence-electron chi connectivity index (χ0n) is 7.14. The molecule has 1 unspecified atom stereocenters. The van der Waals surface area contributed by atoms with Crippen molar-refractivity contribution in [2.45, 2.75) is 26.4 Å². The molecule has 0 spiro atoms. The van der Waals surface area contributed by atoms with Gasteiger partial charge in [0.25, 0.3) is 0 Å². The molecule has 10 heavy (non-hydrogen) atoms. The van der Waals surface area contributed by atoms with Crippen molar-refractivity contribution < 1.29 is 4.79 Å². The predicted octanol–water partition coefficient (Wildman–Crippen LogP) is 0.420. The summed E-state index contributed by atoms with van der Waals surface area (Å²) in [5.41, 5.74) is 0. The average molecular weight is 144 g/mol. The van der Waals surface area contributed by atoms with Gasteiger partial charge >= 0.3 is 0 Å². The van der Waals surface area contributed by atoms with Crippen LogP contribution in [0.25, 0.3) is 0 Å². The summed E-state index contributed by atoms with van der Waals surface area (Å²) in [7, 11) is 3.64. The van der Waals surface area contributed by atoms with Gasteiger partial charge in [0.1, 0.15) is 0 Å². The molecule has 0 radical (unpaired) electrons. The lowest BCUT2D eigenvalue weighted by Gasteiger charge is -2.23. The van der Waals surface area contributed by atoms with E-state index in [0.29, 0.717) is 6.42 Å². The first-order chi connectivity index (χ1) is 4.63. The number of nitrogens with zero attached hydrogens (tertiary/aromatic N) is 1. The minimum atomic E-state index is 0.132. The molecule has 1 N–H and O–H groups in total. The van der Waals surface area contributed by atoms with E-state index < -0.39 is 0 Å². The van der Waals surface area contributed by atoms with E-state index in [1.54, 1.807) is 11.9 Å². The molecule has 0 aromatic rings. The highest BCUT2D eigenvalue weighted by Crippen LogP contribution is 1.93. The van der Waals surface area contributed by atoms with Gasteiger partial charge in [-0.1, -0.05) is 6.92 Å². The first kappa shape index (κ1) is 9.43. The molecule has 0 heterocycles. The molecule has 1 amide bonds. The summed E-state index contributed by atoms with van der Waals surface area (Å²) in [5, 5.41) is 2.98. The molecule has 3 nitrogen and oxygen atoms in total. The lowest BCUT2D eigenvalue weighted by molar-refractivity contribution is -0.131. The highest BCUT2D eigenvalue weighted by atomic mass is 16.2. The molecule has 0 bridgehead atoms. The van der Waals surface area contributed by atoms with Gasteiger partial charge in [-0.25, -0.2) is 0 Å². The minimum Gasteiger partial charge on any atom is -0.331 e. The van der Waals surface area contributed by atoms with Crippen LogP contribution >= 0.6 is 0 Å². The Balaban J connectivity index is 3.81. The molecule has 0 aromatic heterocycles. The second-order valence-electron chi connectivity index (χ2n) is 2.32. The Labute approximate surface area is 62.4 Å². The fourth-order valence-corrected chi connectivity index (χ4v) is 0.659. The van der Waals surface area contributed by atoms with Crippen molar-refractivity contribution in [3.8, 4) is 0 Å². The fourth-order valence-electron chi connectivity index (χ4n) is 0.659. The van der Waals surface area contributed by atoms with Crippen molar-refractivity contribution in [3.05, 3.63) is 0 Å². The summed E-state index contributed by atoms with van der Waals surface area (Å²) in [6, 6.07) is 0. The standard InChI is InChI=1S/C7H16N2O/c1-5-7(10)9(4)6(2)8-3/h6,8H,5H2,1-4H3. The summed E-state index contributed by atoms with van der Waals surface area (Å²) in [6.07, 6.45) is 0.704. The molecule has 0 fully saturated rings. The number of amides is 1. The van der Waals surface area contributed by atoms with Gasteiger partial charge < -0.3 is 10.2 Å². The maximum Gasteiger partial charge on any atom is 0.223 e. The van der Waals surface area contributed by atoms with Crippen LogP contribution in [-0.2, 0) is 4.79 Å². The van der Waals surface area contributed by atoms with E-state index in [2.05, 4.69) is 5.32 Å². The summed E-state index contributed by atoms with van der Waals surface area (Å²) in [6.45, 7) is 3.81. The second kappa shape index (κ2) is 4.28. The van der Waals surface area contributed by atoms with E-state index in [4.69, 9.17) is 0 Å². The summed E-state index contributed by atoms with van der Waals surface area (Å²) in [5.74, 6) is 0.168. The molecule has 0 aliphatic rings. The van der Waals surface area contributed by atoms with E-state index in [0.717, 1.165) is 0 Å². The molecule has 0 aromatic carbocycles. The Morgan fingerprint density at radius 1 is 1.70 bits per heavy atom. The topological polar surface area (TPSA) is 32.3 Å². The molecule has 0 aliphatic heterocycles. The van der Waals surface area contributed by atoms with Crippen LogP contribution in [0.4, 0.5) is 0 Å². The Hall–Kier alpha value is -0.570. The van der Waals surface area contributed by atoms with Crippen molar-refractivity contribution in [3.63, 3.8) is 0 Å². The van der Waals surface area contributed by atoms with Gasteiger partial charge in [-0.15, -0.1) is 0 Å². The molecule has 1 atom stereocenters. The number of nitrogens with one attached hydrogen (secondary N) is 1. The van der Waals surface area contributed by atoms with Crippen LogP contribution in [0.1, 0.15) is 20.3 Å². The monoisotopic (exact) mass is 144 g/mol. The number of rotatable bonds is 3. The number of hydrogen-bond donors (Lipinski definition) is 1. The summed E-state index contributed by atoms with van der Waals surface area (Å²) < 4.78 is 0. The van der Waals surface area contributed by atoms with Crippen molar-refractivity contribution >= 4 is 5.91 Å². The van der Waals surface area contributed by atoms with Gasteiger partial charge in [0.15, 0.2) is 0 Å². The Kier molecular flexibility index (Phi) is 4.03. The molecular weight excluding hydrogens is 128 g/mol. The fraction of sp³-hybridized carbons (Fsp3) is 0.857. The summed E-state index contributed by atoms with van der Waals surface area (Å²) in [4.78, 5) is 12.7. The normalized spacial score (nSPS) is 12.8. The summed E-state index contributed by atoms with van der Waals surface area (Å²) >= 11 is 0. The van der Waals surface area contributed by atoms with Crippen LogP contribution in [-0.4, -0.2) is 31.1 Å². The maximum absolute atomic E-state index is 11.0. The van der Waals surface area contributed by atoms with Crippen molar-refractivity contribution in [1.82, 2.24) is 10.2 Å². The SMILES string of the molecule is CCC(=O)N(C)C(C)NC. The van der Waals surface area contributed by atoms with Crippen LogP contribution in [0.3, 0.4) is 0 Å². The lowest BCUT2D eigenvalue weighted by atomic mass is 10.4. The zero-order chi connectivity index (χ0) is 8.15. The third-order valence-electron chi connectivity index (χ3n) is 1.69. The van der Waals surface area contributed by atoms with Gasteiger partial charge in [0, 0.05) is 13.5 Å². The van der Waals surface area contributed by atoms with Crippen LogP contribution in [0.15, 0.2) is 0 Å². The molecular formula is C7H16N2O. The largest absolute Gasteiger partial charge is 0.331 e. The third-order valence-corrected chi connectivity index (χ3v) is 1.69. The Morgan fingerprint density at radius 2 is 2.20 bits per heavy atom. The van der Waals surface area contributed by atoms with E-state index >= 15 is 0 Å². The molecule has 0 aliphatic carbocycles. The highest BCUT2D eigenvalue weighted by Gasteiger charge is 2.10. The van der Waals surface area contributed by atoms with Crippen LogP contribution in [0, 0.1) is 0 Å². The lowest BCUT2D eigenvalue weighted by Crippen LogP contribution is -2.42. The van der Waals surface area contributed by atoms with Crippen molar-refractivity contribution in [2.24, 2.45) is 0 Å². The van der Waals surface area contributed by atoms with Gasteiger partial charge in [-0.2, -0.15) is 0 Å². The smallest absolute Gasteiger partial charge is 0.223 e. The van der Waals surface area contributed by atoms with E-state index in [1.165, 1.54) is 0 Å². The predicted molar refractivity (Wildman–Crippen MR) is 41.6 cm³/mol. The maximum atomic E-state index is 11.0. The van der Waals surface area contributed by atoms with Crippen LogP contribution in [0.2, 0.25) is 0 Å². The quantitative estimate of drug-likeness (QED) is 0.582. The minimum absolute atomic E-state index is 0.132. The number of hydrogen-bond acceptors (Lipinski definition) is 2. The third kappa shape index (κ3) is 2.35. The van der Waals surface area contributed by atoms with Crippen LogP contribution in [0.5, 0.6) is 0 Å². The van der Waals surface area contributed by atoms with E-state index in [1.807, 2.05) is 20.9 Å². The Bertz CT molecular complexity index is 114. The molecule has 0 saturated heterocycles. The average Bonchev–Trinajstić information content (AvgIpc) is 2.00. The first-order valence-corrected chi connectivity index (χ1v) is 3.56. The van der Waals surface area contributed by atoms with Crippen LogP contribution < -0.4 is 5.32 Å². The number of carbonyl (C=O) groups excluding carboxylic acids is 1. The molecule has 0 saturated carbocycles. The van der Waals surface area contributed by atoms with Crippen molar-refractivity contribution in [2.75, 3.05) is 14.1 Å². The van der Waals surface area contributed by atoms with E-state index in [9.17, 15) is 4.79 Å². The molecule has 0 rings (SSSR count). The van der Waals surface area contributed by atoms with E-state index in [-0.39, 0.29) is 12.1 Å². The Morgan fingerprint density at radius 3 is 2.50 bits per heavy atom. The van der Waals surface area contributed by atoms with Gasteiger partial charge in [0.05, 0.1) is 6.17 Å². The van der Waals surface area contributed by atoms with Gasteiger partial charge in [-0.3, -0.25) is 4.79 Å². The highest BCUT2D eigenvalue weighted by molar-refractivity contribution is 5.75. The van der Waals surface area contributed by atoms with Gasteiger partial charge in [-0.05, 0) is 14.0 Å². The zero-order valence-corrected chi connectivity index (χ0v) is 7.14.